The number of aliphatic hydroxyl groups is 1. The Balaban J connectivity index is 3.02. The van der Waals surface area contributed by atoms with Crippen LogP contribution >= 0.6 is 0 Å². The van der Waals surface area contributed by atoms with Gasteiger partial charge in [0.2, 0.25) is 0 Å². The summed E-state index contributed by atoms with van der Waals surface area (Å²) in [5.74, 6) is 0. The van der Waals surface area contributed by atoms with Gasteiger partial charge in [0.15, 0.2) is 0 Å². The van der Waals surface area contributed by atoms with Crippen LogP contribution in [0.5, 0.6) is 0 Å². The third-order valence-electron chi connectivity index (χ3n) is 1.45. The second kappa shape index (κ2) is 5.74. The van der Waals surface area contributed by atoms with E-state index in [-0.39, 0.29) is 6.61 Å². The Morgan fingerprint density at radius 1 is 1.18 bits per heavy atom. The van der Waals surface area contributed by atoms with E-state index < -0.39 is 8.07 Å². The summed E-state index contributed by atoms with van der Waals surface area (Å²) in [7, 11) is -0.860. The lowest BCUT2D eigenvalue weighted by molar-refractivity contribution is 0.0927. The summed E-state index contributed by atoms with van der Waals surface area (Å²) in [6.45, 7) is 8.53. The number of hydrogen-bond donors (Lipinski definition) is 1. The Hall–Kier alpha value is 0.137. The van der Waals surface area contributed by atoms with Gasteiger partial charge >= 0.3 is 0 Å². The van der Waals surface area contributed by atoms with Crippen molar-refractivity contribution in [3.63, 3.8) is 0 Å². The van der Waals surface area contributed by atoms with Crippen molar-refractivity contribution in [2.45, 2.75) is 32.1 Å². The second-order valence-electron chi connectivity index (χ2n) is 4.00. The van der Waals surface area contributed by atoms with Crippen molar-refractivity contribution in [1.82, 2.24) is 0 Å². The summed E-state index contributed by atoms with van der Waals surface area (Å²) in [4.78, 5) is 0. The number of ether oxygens (including phenoxy) is 1. The molecular formula is C8H20O2Si. The number of aliphatic hydroxyl groups excluding tert-OH is 1. The molecule has 0 aliphatic heterocycles. The van der Waals surface area contributed by atoms with Crippen molar-refractivity contribution in [1.29, 1.82) is 0 Å². The van der Waals surface area contributed by atoms with Crippen LogP contribution in [0.4, 0.5) is 0 Å². The van der Waals surface area contributed by atoms with Crippen molar-refractivity contribution in [3.05, 3.63) is 0 Å². The predicted octanol–water partition coefficient (Wildman–Crippen LogP) is 1.72. The minimum Gasteiger partial charge on any atom is -0.394 e. The zero-order valence-corrected chi connectivity index (χ0v) is 8.89. The third kappa shape index (κ3) is 10.1. The smallest absolute Gasteiger partial charge is 0.0697 e. The molecule has 0 fully saturated rings. The average molecular weight is 176 g/mol. The van der Waals surface area contributed by atoms with E-state index in [9.17, 15) is 0 Å². The molecule has 0 aliphatic carbocycles. The lowest BCUT2D eigenvalue weighted by Crippen LogP contribution is -2.19. The first-order chi connectivity index (χ1) is 5.06. The van der Waals surface area contributed by atoms with Crippen molar-refractivity contribution >= 4 is 8.07 Å². The predicted molar refractivity (Wildman–Crippen MR) is 50.7 cm³/mol. The first-order valence-corrected chi connectivity index (χ1v) is 7.95. The van der Waals surface area contributed by atoms with Gasteiger partial charge in [-0.3, -0.25) is 0 Å². The summed E-state index contributed by atoms with van der Waals surface area (Å²) in [6, 6.07) is 1.32. The van der Waals surface area contributed by atoms with E-state index in [1.165, 1.54) is 6.04 Å². The number of rotatable bonds is 6. The zero-order valence-electron chi connectivity index (χ0n) is 7.89. The van der Waals surface area contributed by atoms with Gasteiger partial charge in [-0.2, -0.15) is 0 Å². The van der Waals surface area contributed by atoms with Gasteiger partial charge < -0.3 is 9.84 Å². The highest BCUT2D eigenvalue weighted by atomic mass is 28.3. The third-order valence-corrected chi connectivity index (χ3v) is 3.30. The Morgan fingerprint density at radius 3 is 2.27 bits per heavy atom. The molecule has 0 unspecified atom stereocenters. The molecule has 0 aromatic heterocycles. The topological polar surface area (TPSA) is 29.5 Å². The molecule has 0 aromatic carbocycles. The highest BCUT2D eigenvalue weighted by molar-refractivity contribution is 6.76. The number of hydrogen-bond acceptors (Lipinski definition) is 2. The molecule has 11 heavy (non-hydrogen) atoms. The molecule has 2 nitrogen and oxygen atoms in total. The average Bonchev–Trinajstić information content (AvgIpc) is 1.85. The summed E-state index contributed by atoms with van der Waals surface area (Å²) in [6.07, 6.45) is 1.15. The maximum atomic E-state index is 8.41. The van der Waals surface area contributed by atoms with E-state index in [1.807, 2.05) is 0 Å². The van der Waals surface area contributed by atoms with E-state index in [0.717, 1.165) is 13.0 Å². The molecule has 0 rings (SSSR count). The molecular weight excluding hydrogens is 156 g/mol. The van der Waals surface area contributed by atoms with Gasteiger partial charge in [0.1, 0.15) is 0 Å². The highest BCUT2D eigenvalue weighted by Crippen LogP contribution is 2.10. The maximum absolute atomic E-state index is 8.41. The van der Waals surface area contributed by atoms with Crippen LogP contribution in [0.2, 0.25) is 25.7 Å². The molecule has 0 amide bonds. The second-order valence-corrected chi connectivity index (χ2v) is 9.62. The van der Waals surface area contributed by atoms with Crippen molar-refractivity contribution < 1.29 is 9.84 Å². The van der Waals surface area contributed by atoms with E-state index >= 15 is 0 Å². The fourth-order valence-corrected chi connectivity index (χ4v) is 2.08. The summed E-state index contributed by atoms with van der Waals surface area (Å²) in [5.41, 5.74) is 0. The molecule has 0 atom stereocenters. The van der Waals surface area contributed by atoms with Crippen LogP contribution in [0.25, 0.3) is 0 Å². The molecule has 0 bridgehead atoms. The van der Waals surface area contributed by atoms with Crippen LogP contribution in [-0.2, 0) is 4.74 Å². The van der Waals surface area contributed by atoms with Gasteiger partial charge in [0.25, 0.3) is 0 Å². The SMILES string of the molecule is C[Si](C)(C)CCCOCCO. The lowest BCUT2D eigenvalue weighted by Gasteiger charge is -2.14. The standard InChI is InChI=1S/C8H20O2Si/c1-11(2,3)8-4-6-10-7-5-9/h9H,4-8H2,1-3H3. The van der Waals surface area contributed by atoms with E-state index in [4.69, 9.17) is 9.84 Å². The maximum Gasteiger partial charge on any atom is 0.0697 e. The van der Waals surface area contributed by atoms with Gasteiger partial charge in [-0.05, 0) is 6.42 Å². The van der Waals surface area contributed by atoms with Gasteiger partial charge in [0, 0.05) is 14.7 Å². The molecule has 0 spiro atoms. The van der Waals surface area contributed by atoms with Gasteiger partial charge in [-0.15, -0.1) is 0 Å². The molecule has 0 saturated carbocycles. The normalized spacial score (nSPS) is 12.0. The summed E-state index contributed by atoms with van der Waals surface area (Å²) in [5, 5.41) is 8.41. The first-order valence-electron chi connectivity index (χ1n) is 4.25. The summed E-state index contributed by atoms with van der Waals surface area (Å²) >= 11 is 0. The molecule has 0 heterocycles. The molecule has 0 aromatic rings. The van der Waals surface area contributed by atoms with Gasteiger partial charge in [-0.25, -0.2) is 0 Å². The molecule has 0 radical (unpaired) electrons. The largest absolute Gasteiger partial charge is 0.394 e. The zero-order chi connectivity index (χ0) is 8.74. The van der Waals surface area contributed by atoms with Crippen LogP contribution in [0.3, 0.4) is 0 Å². The van der Waals surface area contributed by atoms with E-state index in [1.54, 1.807) is 0 Å². The van der Waals surface area contributed by atoms with Crippen molar-refractivity contribution in [3.8, 4) is 0 Å². The van der Waals surface area contributed by atoms with E-state index in [0.29, 0.717) is 6.61 Å². The molecule has 1 N–H and O–H groups in total. The molecule has 68 valence electrons. The Labute approximate surface area is 70.6 Å². The molecule has 0 saturated heterocycles. The minimum absolute atomic E-state index is 0.146. The molecule has 0 aliphatic rings. The highest BCUT2D eigenvalue weighted by Gasteiger charge is 2.11. The van der Waals surface area contributed by atoms with Crippen LogP contribution in [-0.4, -0.2) is 33.0 Å². The van der Waals surface area contributed by atoms with Gasteiger partial charge in [0.05, 0.1) is 13.2 Å². The quantitative estimate of drug-likeness (QED) is 0.493. The van der Waals surface area contributed by atoms with Crippen LogP contribution in [0.15, 0.2) is 0 Å². The lowest BCUT2D eigenvalue weighted by atomic mass is 10.5. The fourth-order valence-electron chi connectivity index (χ4n) is 0.871. The van der Waals surface area contributed by atoms with Crippen LogP contribution in [0, 0.1) is 0 Å². The van der Waals surface area contributed by atoms with Gasteiger partial charge in [-0.1, -0.05) is 25.7 Å². The Bertz CT molecular complexity index is 88.6. The van der Waals surface area contributed by atoms with E-state index in [2.05, 4.69) is 19.6 Å². The van der Waals surface area contributed by atoms with Crippen LogP contribution < -0.4 is 0 Å². The Kier molecular flexibility index (Phi) is 5.82. The summed E-state index contributed by atoms with van der Waals surface area (Å²) < 4.78 is 5.15. The monoisotopic (exact) mass is 176 g/mol. The van der Waals surface area contributed by atoms with Crippen molar-refractivity contribution in [2.75, 3.05) is 19.8 Å². The first kappa shape index (κ1) is 11.1. The fraction of sp³-hybridized carbons (Fsp3) is 1.00. The molecule has 3 heteroatoms. The Morgan fingerprint density at radius 2 is 1.82 bits per heavy atom. The van der Waals surface area contributed by atoms with Crippen LogP contribution in [0.1, 0.15) is 6.42 Å². The minimum atomic E-state index is -0.860. The van der Waals surface area contributed by atoms with Crippen molar-refractivity contribution in [2.24, 2.45) is 0 Å².